The molecule has 26 heavy (non-hydrogen) atoms. The third kappa shape index (κ3) is 3.71. The number of phenols is 1. The van der Waals surface area contributed by atoms with Crippen LogP contribution in [0.4, 0.5) is 0 Å². The van der Waals surface area contributed by atoms with Gasteiger partial charge in [-0.3, -0.25) is 4.99 Å². The molecule has 3 aromatic carbocycles. The fourth-order valence-corrected chi connectivity index (χ4v) is 4.72. The first kappa shape index (κ1) is 18.4. The number of aromatic hydroxyl groups is 1. The maximum absolute atomic E-state index is 10.6. The van der Waals surface area contributed by atoms with Gasteiger partial charge in [0.2, 0.25) is 0 Å². The van der Waals surface area contributed by atoms with Gasteiger partial charge in [-0.1, -0.05) is 63.2 Å². The molecule has 2 nitrogen and oxygen atoms in total. The van der Waals surface area contributed by atoms with E-state index in [0.717, 1.165) is 27.7 Å². The van der Waals surface area contributed by atoms with Crippen molar-refractivity contribution in [3.8, 4) is 5.75 Å². The summed E-state index contributed by atoms with van der Waals surface area (Å²) < 4.78 is 0. The average molecular weight is 361 g/mol. The third-order valence-corrected chi connectivity index (χ3v) is 6.07. The highest BCUT2D eigenvalue weighted by molar-refractivity contribution is 7.56. The number of hydrogen-bond donors (Lipinski definition) is 1. The van der Waals surface area contributed by atoms with Crippen LogP contribution in [0.25, 0.3) is 0 Å². The van der Waals surface area contributed by atoms with Crippen LogP contribution in [0.1, 0.15) is 27.8 Å². The Morgan fingerprint density at radius 2 is 1.62 bits per heavy atom. The summed E-state index contributed by atoms with van der Waals surface area (Å²) in [4.78, 5) is 4.59. The minimum atomic E-state index is 0.376. The Morgan fingerprint density at radius 1 is 0.885 bits per heavy atom. The molecule has 3 rings (SSSR count). The van der Waals surface area contributed by atoms with Crippen molar-refractivity contribution in [1.29, 1.82) is 0 Å². The molecule has 132 valence electrons. The maximum Gasteiger partial charge on any atom is 0.126 e. The van der Waals surface area contributed by atoms with E-state index in [-0.39, 0.29) is 0 Å². The standard InChI is InChI=1S/C23H24NOP/c1-15-13-17(3)22(25)20(14-15)26-23-16(2)9-8-12-19(23)21(24-4)18-10-6-5-7-11-18/h5-14,25-26H,1-4H3/b24-21+. The predicted octanol–water partition coefficient (Wildman–Crippen LogP) is 4.41. The number of nitrogens with zero attached hydrogens (tertiary/aromatic N) is 1. The molecule has 3 aromatic rings. The Balaban J connectivity index is 2.12. The summed E-state index contributed by atoms with van der Waals surface area (Å²) in [6, 6.07) is 20.7. The van der Waals surface area contributed by atoms with Gasteiger partial charge >= 0.3 is 0 Å². The molecule has 0 fully saturated rings. The van der Waals surface area contributed by atoms with E-state index >= 15 is 0 Å². The van der Waals surface area contributed by atoms with Crippen molar-refractivity contribution in [3.05, 3.63) is 88.5 Å². The predicted molar refractivity (Wildman–Crippen MR) is 114 cm³/mol. The minimum Gasteiger partial charge on any atom is -0.507 e. The van der Waals surface area contributed by atoms with E-state index in [1.165, 1.54) is 16.4 Å². The normalized spacial score (nSPS) is 12.1. The Hall–Kier alpha value is -2.44. The van der Waals surface area contributed by atoms with Gasteiger partial charge in [0.1, 0.15) is 5.75 Å². The van der Waals surface area contributed by atoms with E-state index in [1.807, 2.05) is 38.2 Å². The van der Waals surface area contributed by atoms with Crippen LogP contribution in [0, 0.1) is 20.8 Å². The first-order valence-corrected chi connectivity index (χ1v) is 9.70. The molecule has 0 aliphatic heterocycles. The lowest BCUT2D eigenvalue weighted by Gasteiger charge is -2.17. The minimum absolute atomic E-state index is 0.376. The molecule has 0 heterocycles. The summed E-state index contributed by atoms with van der Waals surface area (Å²) in [5.74, 6) is 0.401. The van der Waals surface area contributed by atoms with Crippen molar-refractivity contribution in [3.63, 3.8) is 0 Å². The molecule has 1 N–H and O–H groups in total. The number of phenolic OH excluding ortho intramolecular Hbond substituents is 1. The van der Waals surface area contributed by atoms with Gasteiger partial charge in [0.25, 0.3) is 0 Å². The van der Waals surface area contributed by atoms with Crippen molar-refractivity contribution in [2.75, 3.05) is 7.05 Å². The molecule has 1 unspecified atom stereocenters. The highest BCUT2D eigenvalue weighted by atomic mass is 31.1. The van der Waals surface area contributed by atoms with E-state index < -0.39 is 0 Å². The first-order valence-electron chi connectivity index (χ1n) is 8.70. The summed E-state index contributed by atoms with van der Waals surface area (Å²) in [5.41, 5.74) is 6.55. The van der Waals surface area contributed by atoms with Crippen molar-refractivity contribution < 1.29 is 5.11 Å². The second-order valence-corrected chi connectivity index (χ2v) is 7.83. The van der Waals surface area contributed by atoms with Crippen LogP contribution < -0.4 is 10.6 Å². The molecule has 0 saturated carbocycles. The SMILES string of the molecule is C/N=C(\c1ccccc1)c1cccc(C)c1Pc1cc(C)cc(C)c1O. The van der Waals surface area contributed by atoms with Crippen molar-refractivity contribution in [2.24, 2.45) is 4.99 Å². The van der Waals surface area contributed by atoms with Gasteiger partial charge in [-0.25, -0.2) is 0 Å². The van der Waals surface area contributed by atoms with Gasteiger partial charge in [0.05, 0.1) is 5.71 Å². The number of hydrogen-bond acceptors (Lipinski definition) is 2. The number of aliphatic imine (C=N–C) groups is 1. The highest BCUT2D eigenvalue weighted by Gasteiger charge is 2.15. The quantitative estimate of drug-likeness (QED) is 0.542. The van der Waals surface area contributed by atoms with Gasteiger partial charge in [0, 0.05) is 23.5 Å². The molecule has 0 saturated heterocycles. The van der Waals surface area contributed by atoms with E-state index in [2.05, 4.69) is 55.2 Å². The molecular formula is C23H24NOP. The van der Waals surface area contributed by atoms with E-state index in [4.69, 9.17) is 0 Å². The average Bonchev–Trinajstić information content (AvgIpc) is 2.63. The largest absolute Gasteiger partial charge is 0.507 e. The Kier molecular flexibility index (Phi) is 5.54. The second kappa shape index (κ2) is 7.85. The van der Waals surface area contributed by atoms with Crippen LogP contribution >= 0.6 is 8.58 Å². The zero-order valence-electron chi connectivity index (χ0n) is 15.7. The zero-order chi connectivity index (χ0) is 18.7. The topological polar surface area (TPSA) is 32.6 Å². The smallest absolute Gasteiger partial charge is 0.126 e. The Morgan fingerprint density at radius 3 is 2.31 bits per heavy atom. The fraction of sp³-hybridized carbons (Fsp3) is 0.174. The van der Waals surface area contributed by atoms with Gasteiger partial charge in [0.15, 0.2) is 0 Å². The van der Waals surface area contributed by atoms with Gasteiger partial charge < -0.3 is 5.11 Å². The maximum atomic E-state index is 10.6. The molecule has 0 radical (unpaired) electrons. The zero-order valence-corrected chi connectivity index (χ0v) is 16.7. The van der Waals surface area contributed by atoms with Gasteiger partial charge in [-0.05, 0) is 48.8 Å². The summed E-state index contributed by atoms with van der Waals surface area (Å²) >= 11 is 0. The van der Waals surface area contributed by atoms with Gasteiger partial charge in [-0.2, -0.15) is 0 Å². The van der Waals surface area contributed by atoms with Gasteiger partial charge in [-0.15, -0.1) is 0 Å². The molecule has 0 aromatic heterocycles. The molecule has 3 heteroatoms. The highest BCUT2D eigenvalue weighted by Crippen LogP contribution is 2.26. The molecule has 0 spiro atoms. The molecule has 0 amide bonds. The molecule has 1 atom stereocenters. The lowest BCUT2D eigenvalue weighted by molar-refractivity contribution is 0.475. The summed E-state index contributed by atoms with van der Waals surface area (Å²) in [5, 5.41) is 12.8. The second-order valence-electron chi connectivity index (χ2n) is 6.54. The van der Waals surface area contributed by atoms with Crippen LogP contribution in [-0.4, -0.2) is 17.9 Å². The number of rotatable bonds is 4. The summed E-state index contributed by atoms with van der Waals surface area (Å²) in [6.07, 6.45) is 0. The molecular weight excluding hydrogens is 337 g/mol. The van der Waals surface area contributed by atoms with Crippen LogP contribution in [0.2, 0.25) is 0 Å². The van der Waals surface area contributed by atoms with E-state index in [1.54, 1.807) is 0 Å². The first-order chi connectivity index (χ1) is 12.5. The van der Waals surface area contributed by atoms with Crippen LogP contribution in [0.15, 0.2) is 65.7 Å². The Bertz CT molecular complexity index is 961. The monoisotopic (exact) mass is 361 g/mol. The lowest BCUT2D eigenvalue weighted by atomic mass is 10.0. The number of aryl methyl sites for hydroxylation is 3. The van der Waals surface area contributed by atoms with E-state index in [0.29, 0.717) is 14.3 Å². The summed E-state index contributed by atoms with van der Waals surface area (Å²) in [7, 11) is 2.22. The lowest BCUT2D eigenvalue weighted by Crippen LogP contribution is -2.18. The van der Waals surface area contributed by atoms with Crippen molar-refractivity contribution in [2.45, 2.75) is 20.8 Å². The van der Waals surface area contributed by atoms with Crippen LogP contribution in [0.3, 0.4) is 0 Å². The fourth-order valence-electron chi connectivity index (χ4n) is 3.22. The number of benzene rings is 3. The van der Waals surface area contributed by atoms with Crippen LogP contribution in [-0.2, 0) is 0 Å². The summed E-state index contributed by atoms with van der Waals surface area (Å²) in [6.45, 7) is 6.16. The molecule has 0 aliphatic rings. The Labute approximate surface area is 157 Å². The van der Waals surface area contributed by atoms with E-state index in [9.17, 15) is 5.11 Å². The third-order valence-electron chi connectivity index (χ3n) is 4.50. The van der Waals surface area contributed by atoms with Crippen LogP contribution in [0.5, 0.6) is 5.75 Å². The van der Waals surface area contributed by atoms with Crippen molar-refractivity contribution >= 4 is 24.9 Å². The van der Waals surface area contributed by atoms with Crippen molar-refractivity contribution in [1.82, 2.24) is 0 Å². The molecule has 0 aliphatic carbocycles. The molecule has 0 bridgehead atoms.